The van der Waals surface area contributed by atoms with E-state index >= 15 is 0 Å². The predicted molar refractivity (Wildman–Crippen MR) is 68.9 cm³/mol. The first kappa shape index (κ1) is 12.6. The summed E-state index contributed by atoms with van der Waals surface area (Å²) < 4.78 is 5.57. The zero-order chi connectivity index (χ0) is 12.3. The minimum absolute atomic E-state index is 0.538. The maximum absolute atomic E-state index is 5.57. The average Bonchev–Trinajstić information content (AvgIpc) is 2.89. The zero-order valence-corrected chi connectivity index (χ0v) is 11.3. The Labute approximate surface area is 104 Å². The van der Waals surface area contributed by atoms with Gasteiger partial charge in [-0.1, -0.05) is 19.8 Å². The molecule has 0 radical (unpaired) electrons. The molecule has 1 fully saturated rings. The molecule has 17 heavy (non-hydrogen) atoms. The fourth-order valence-corrected chi connectivity index (χ4v) is 2.83. The summed E-state index contributed by atoms with van der Waals surface area (Å²) in [6, 6.07) is 0. The molecule has 1 aromatic heterocycles. The molecule has 1 aromatic rings. The van der Waals surface area contributed by atoms with Crippen molar-refractivity contribution in [3.05, 3.63) is 17.3 Å². The highest BCUT2D eigenvalue weighted by Crippen LogP contribution is 2.40. The van der Waals surface area contributed by atoms with Gasteiger partial charge >= 0.3 is 0 Å². The van der Waals surface area contributed by atoms with Crippen molar-refractivity contribution in [1.29, 1.82) is 0 Å². The van der Waals surface area contributed by atoms with Crippen LogP contribution in [-0.2, 0) is 6.54 Å². The highest BCUT2D eigenvalue weighted by molar-refractivity contribution is 5.05. The lowest BCUT2D eigenvalue weighted by Crippen LogP contribution is -2.31. The number of aryl methyl sites for hydroxylation is 2. The first-order valence-electron chi connectivity index (χ1n) is 6.79. The molecule has 1 N–H and O–H groups in total. The van der Waals surface area contributed by atoms with Crippen LogP contribution in [0.4, 0.5) is 0 Å². The van der Waals surface area contributed by atoms with Crippen molar-refractivity contribution < 1.29 is 4.42 Å². The van der Waals surface area contributed by atoms with Gasteiger partial charge in [-0.2, -0.15) is 0 Å². The number of hydrogen-bond donors (Lipinski definition) is 1. The van der Waals surface area contributed by atoms with E-state index in [-0.39, 0.29) is 0 Å². The van der Waals surface area contributed by atoms with Crippen molar-refractivity contribution in [2.75, 3.05) is 6.54 Å². The summed E-state index contributed by atoms with van der Waals surface area (Å²) in [5.41, 5.74) is 1.55. The van der Waals surface area contributed by atoms with Crippen molar-refractivity contribution in [2.45, 2.75) is 59.4 Å². The van der Waals surface area contributed by atoms with Gasteiger partial charge in [0.15, 0.2) is 0 Å². The number of aromatic nitrogens is 1. The lowest BCUT2D eigenvalue weighted by molar-refractivity contribution is 0.263. The predicted octanol–water partition coefficient (Wildman–Crippen LogP) is 3.35. The Hall–Kier alpha value is -0.830. The molecule has 0 unspecified atom stereocenters. The first-order valence-corrected chi connectivity index (χ1v) is 6.79. The Morgan fingerprint density at radius 1 is 1.29 bits per heavy atom. The number of rotatable bonds is 5. The minimum Gasteiger partial charge on any atom is -0.444 e. The van der Waals surface area contributed by atoms with Gasteiger partial charge in [0.1, 0.15) is 5.76 Å². The van der Waals surface area contributed by atoms with Crippen LogP contribution in [0.25, 0.3) is 0 Å². The van der Waals surface area contributed by atoms with E-state index in [2.05, 4.69) is 17.2 Å². The molecule has 0 amide bonds. The summed E-state index contributed by atoms with van der Waals surface area (Å²) in [4.78, 5) is 4.39. The third-order valence-corrected chi connectivity index (χ3v) is 4.26. The van der Waals surface area contributed by atoms with E-state index in [1.54, 1.807) is 0 Å². The quantitative estimate of drug-likeness (QED) is 0.852. The van der Waals surface area contributed by atoms with Crippen molar-refractivity contribution in [3.63, 3.8) is 0 Å². The molecule has 0 atom stereocenters. The second kappa shape index (κ2) is 5.21. The standard InChI is InChI=1S/C14H24N2O/c1-4-14(7-5-6-8-14)10-15-9-13-16-11(2)12(3)17-13/h15H,4-10H2,1-3H3. The molecule has 2 rings (SSSR count). The van der Waals surface area contributed by atoms with Crippen LogP contribution in [0.3, 0.4) is 0 Å². The van der Waals surface area contributed by atoms with Crippen LogP contribution >= 0.6 is 0 Å². The van der Waals surface area contributed by atoms with Gasteiger partial charge in [-0.3, -0.25) is 0 Å². The third-order valence-electron chi connectivity index (χ3n) is 4.26. The molecule has 0 saturated heterocycles. The van der Waals surface area contributed by atoms with Crippen LogP contribution < -0.4 is 5.32 Å². The molecular formula is C14H24N2O. The van der Waals surface area contributed by atoms with Crippen molar-refractivity contribution in [1.82, 2.24) is 10.3 Å². The van der Waals surface area contributed by atoms with Crippen molar-refractivity contribution in [3.8, 4) is 0 Å². The zero-order valence-electron chi connectivity index (χ0n) is 11.3. The van der Waals surface area contributed by atoms with Crippen LogP contribution in [0.5, 0.6) is 0 Å². The summed E-state index contributed by atoms with van der Waals surface area (Å²) in [6.07, 6.45) is 6.82. The summed E-state index contributed by atoms with van der Waals surface area (Å²) in [5, 5.41) is 3.52. The SMILES string of the molecule is CCC1(CNCc2nc(C)c(C)o2)CCCC1. The van der Waals surface area contributed by atoms with E-state index in [4.69, 9.17) is 4.42 Å². The minimum atomic E-state index is 0.538. The normalized spacial score (nSPS) is 18.8. The molecule has 0 bridgehead atoms. The summed E-state index contributed by atoms with van der Waals surface area (Å²) in [6.45, 7) is 8.13. The maximum atomic E-state index is 5.57. The van der Waals surface area contributed by atoms with Crippen LogP contribution in [0.1, 0.15) is 56.4 Å². The highest BCUT2D eigenvalue weighted by Gasteiger charge is 2.31. The summed E-state index contributed by atoms with van der Waals surface area (Å²) in [5.74, 6) is 1.76. The van der Waals surface area contributed by atoms with Gasteiger partial charge in [0, 0.05) is 6.54 Å². The first-order chi connectivity index (χ1) is 8.15. The summed E-state index contributed by atoms with van der Waals surface area (Å²) >= 11 is 0. The second-order valence-electron chi connectivity index (χ2n) is 5.41. The molecule has 1 aliphatic carbocycles. The van der Waals surface area contributed by atoms with E-state index in [9.17, 15) is 0 Å². The van der Waals surface area contributed by atoms with Gasteiger partial charge in [0.25, 0.3) is 0 Å². The van der Waals surface area contributed by atoms with Crippen LogP contribution in [0.2, 0.25) is 0 Å². The Kier molecular flexibility index (Phi) is 3.87. The Morgan fingerprint density at radius 2 is 2.00 bits per heavy atom. The van der Waals surface area contributed by atoms with Crippen LogP contribution in [0, 0.1) is 19.3 Å². The molecule has 1 saturated carbocycles. The lowest BCUT2D eigenvalue weighted by atomic mass is 9.83. The monoisotopic (exact) mass is 236 g/mol. The van der Waals surface area contributed by atoms with E-state index in [1.165, 1.54) is 32.1 Å². The number of oxazole rings is 1. The average molecular weight is 236 g/mol. The molecule has 1 heterocycles. The fourth-order valence-electron chi connectivity index (χ4n) is 2.83. The largest absolute Gasteiger partial charge is 0.444 e. The molecule has 1 aliphatic rings. The second-order valence-corrected chi connectivity index (χ2v) is 5.41. The van der Waals surface area contributed by atoms with E-state index in [0.717, 1.165) is 30.4 Å². The molecule has 96 valence electrons. The van der Waals surface area contributed by atoms with Gasteiger partial charge in [0.2, 0.25) is 5.89 Å². The molecule has 3 nitrogen and oxygen atoms in total. The van der Waals surface area contributed by atoms with Crippen molar-refractivity contribution >= 4 is 0 Å². The lowest BCUT2D eigenvalue weighted by Gasteiger charge is -2.27. The van der Waals surface area contributed by atoms with Crippen LogP contribution in [0.15, 0.2) is 4.42 Å². The number of nitrogens with one attached hydrogen (secondary N) is 1. The Morgan fingerprint density at radius 3 is 2.53 bits per heavy atom. The van der Waals surface area contributed by atoms with E-state index in [0.29, 0.717) is 5.41 Å². The smallest absolute Gasteiger partial charge is 0.208 e. The molecule has 3 heteroatoms. The van der Waals surface area contributed by atoms with E-state index in [1.807, 2.05) is 13.8 Å². The highest BCUT2D eigenvalue weighted by atomic mass is 16.4. The number of nitrogens with zero attached hydrogens (tertiary/aromatic N) is 1. The Bertz CT molecular complexity index is 345. The fraction of sp³-hybridized carbons (Fsp3) is 0.786. The molecular weight excluding hydrogens is 212 g/mol. The van der Waals surface area contributed by atoms with Gasteiger partial charge in [-0.05, 0) is 38.5 Å². The summed E-state index contributed by atoms with van der Waals surface area (Å²) in [7, 11) is 0. The molecule has 0 aliphatic heterocycles. The maximum Gasteiger partial charge on any atom is 0.208 e. The third kappa shape index (κ3) is 2.89. The van der Waals surface area contributed by atoms with Gasteiger partial charge in [0.05, 0.1) is 12.2 Å². The number of hydrogen-bond acceptors (Lipinski definition) is 3. The van der Waals surface area contributed by atoms with Crippen LogP contribution in [-0.4, -0.2) is 11.5 Å². The molecule has 0 spiro atoms. The Balaban J connectivity index is 1.82. The van der Waals surface area contributed by atoms with Gasteiger partial charge < -0.3 is 9.73 Å². The van der Waals surface area contributed by atoms with Crippen molar-refractivity contribution in [2.24, 2.45) is 5.41 Å². The topological polar surface area (TPSA) is 38.1 Å². The molecule has 0 aromatic carbocycles. The van der Waals surface area contributed by atoms with Gasteiger partial charge in [-0.25, -0.2) is 4.98 Å². The van der Waals surface area contributed by atoms with Gasteiger partial charge in [-0.15, -0.1) is 0 Å². The van der Waals surface area contributed by atoms with E-state index < -0.39 is 0 Å².